The Morgan fingerprint density at radius 1 is 1.35 bits per heavy atom. The quantitative estimate of drug-likeness (QED) is 0.928. The molecule has 0 spiro atoms. The standard InChI is InChI=1S/C16H21N3O/c1-19(15-8-5-9-17-11-15)12-14-10-16(20-18-14)13-6-3-2-4-7-13/h2-4,6-7,10,15,17H,5,8-9,11-12H2,1H3. The molecule has 1 aromatic heterocycles. The van der Waals surface area contributed by atoms with E-state index >= 15 is 0 Å². The van der Waals surface area contributed by atoms with E-state index in [2.05, 4.69) is 22.4 Å². The highest BCUT2D eigenvalue weighted by Gasteiger charge is 2.19. The van der Waals surface area contributed by atoms with Gasteiger partial charge in [-0.25, -0.2) is 0 Å². The summed E-state index contributed by atoms with van der Waals surface area (Å²) in [5, 5.41) is 7.64. The molecule has 0 aliphatic carbocycles. The third-order valence-corrected chi connectivity index (χ3v) is 3.92. The summed E-state index contributed by atoms with van der Waals surface area (Å²) in [6, 6.07) is 12.8. The van der Waals surface area contributed by atoms with Crippen LogP contribution in [0, 0.1) is 0 Å². The maximum atomic E-state index is 5.45. The molecule has 0 saturated carbocycles. The van der Waals surface area contributed by atoms with Crippen molar-refractivity contribution < 1.29 is 4.52 Å². The zero-order valence-electron chi connectivity index (χ0n) is 11.9. The molecule has 3 rings (SSSR count). The average molecular weight is 271 g/mol. The van der Waals surface area contributed by atoms with E-state index in [-0.39, 0.29) is 0 Å². The lowest BCUT2D eigenvalue weighted by Gasteiger charge is -2.30. The SMILES string of the molecule is CN(Cc1cc(-c2ccccc2)on1)C1CCCNC1. The summed E-state index contributed by atoms with van der Waals surface area (Å²) in [5.74, 6) is 0.843. The lowest BCUT2D eigenvalue weighted by atomic mass is 10.1. The van der Waals surface area contributed by atoms with Crippen molar-refractivity contribution in [3.63, 3.8) is 0 Å². The van der Waals surface area contributed by atoms with Crippen LogP contribution in [-0.2, 0) is 6.54 Å². The Balaban J connectivity index is 1.65. The van der Waals surface area contributed by atoms with Crippen molar-refractivity contribution in [2.45, 2.75) is 25.4 Å². The summed E-state index contributed by atoms with van der Waals surface area (Å²) >= 11 is 0. The lowest BCUT2D eigenvalue weighted by molar-refractivity contribution is 0.191. The largest absolute Gasteiger partial charge is 0.356 e. The van der Waals surface area contributed by atoms with Crippen LogP contribution in [0.3, 0.4) is 0 Å². The first kappa shape index (κ1) is 13.3. The first-order valence-corrected chi connectivity index (χ1v) is 7.25. The summed E-state index contributed by atoms with van der Waals surface area (Å²) in [6.07, 6.45) is 2.51. The molecular weight excluding hydrogens is 250 g/mol. The number of benzene rings is 1. The summed E-state index contributed by atoms with van der Waals surface area (Å²) in [4.78, 5) is 2.36. The maximum Gasteiger partial charge on any atom is 0.167 e. The van der Waals surface area contributed by atoms with Crippen LogP contribution in [-0.4, -0.2) is 36.2 Å². The zero-order chi connectivity index (χ0) is 13.8. The number of piperidine rings is 1. The molecule has 1 fully saturated rings. The van der Waals surface area contributed by atoms with Crippen LogP contribution >= 0.6 is 0 Å². The van der Waals surface area contributed by atoms with E-state index in [9.17, 15) is 0 Å². The van der Waals surface area contributed by atoms with Gasteiger partial charge in [0.05, 0.1) is 5.69 Å². The van der Waals surface area contributed by atoms with Gasteiger partial charge in [-0.05, 0) is 26.4 Å². The van der Waals surface area contributed by atoms with Crippen LogP contribution in [0.25, 0.3) is 11.3 Å². The van der Waals surface area contributed by atoms with Gasteiger partial charge in [0.15, 0.2) is 5.76 Å². The fourth-order valence-electron chi connectivity index (χ4n) is 2.72. The first-order valence-electron chi connectivity index (χ1n) is 7.25. The van der Waals surface area contributed by atoms with Crippen LogP contribution in [0.15, 0.2) is 40.9 Å². The first-order chi connectivity index (χ1) is 9.83. The second-order valence-corrected chi connectivity index (χ2v) is 5.46. The van der Waals surface area contributed by atoms with E-state index in [4.69, 9.17) is 4.52 Å². The molecule has 1 aliphatic rings. The van der Waals surface area contributed by atoms with E-state index in [1.165, 1.54) is 12.8 Å². The maximum absolute atomic E-state index is 5.45. The summed E-state index contributed by atoms with van der Waals surface area (Å²) in [7, 11) is 2.16. The van der Waals surface area contributed by atoms with E-state index in [0.717, 1.165) is 36.7 Å². The summed E-state index contributed by atoms with van der Waals surface area (Å²) in [6.45, 7) is 3.05. The Kier molecular flexibility index (Phi) is 4.14. The number of nitrogens with zero attached hydrogens (tertiary/aromatic N) is 2. The molecule has 4 nitrogen and oxygen atoms in total. The molecule has 4 heteroatoms. The highest BCUT2D eigenvalue weighted by atomic mass is 16.5. The second-order valence-electron chi connectivity index (χ2n) is 5.46. The number of aromatic nitrogens is 1. The Hall–Kier alpha value is -1.65. The van der Waals surface area contributed by atoms with Gasteiger partial charge in [-0.1, -0.05) is 35.5 Å². The van der Waals surface area contributed by atoms with E-state index < -0.39 is 0 Å². The van der Waals surface area contributed by atoms with Crippen molar-refractivity contribution in [2.24, 2.45) is 0 Å². The zero-order valence-corrected chi connectivity index (χ0v) is 11.9. The minimum atomic E-state index is 0.598. The fourth-order valence-corrected chi connectivity index (χ4v) is 2.72. The van der Waals surface area contributed by atoms with Crippen LogP contribution in [0.5, 0.6) is 0 Å². The number of likely N-dealkylation sites (N-methyl/N-ethyl adjacent to an activating group) is 1. The smallest absolute Gasteiger partial charge is 0.167 e. The summed E-state index contributed by atoms with van der Waals surface area (Å²) < 4.78 is 5.45. The Bertz CT molecular complexity index is 532. The molecule has 106 valence electrons. The van der Waals surface area contributed by atoms with E-state index in [0.29, 0.717) is 6.04 Å². The van der Waals surface area contributed by atoms with Crippen molar-refractivity contribution >= 4 is 0 Å². The van der Waals surface area contributed by atoms with Crippen LogP contribution < -0.4 is 5.32 Å². The highest BCUT2D eigenvalue weighted by Crippen LogP contribution is 2.21. The molecule has 2 heterocycles. The van der Waals surface area contributed by atoms with Gasteiger partial charge < -0.3 is 9.84 Å². The van der Waals surface area contributed by atoms with Gasteiger partial charge in [-0.3, -0.25) is 4.90 Å². The second kappa shape index (κ2) is 6.20. The van der Waals surface area contributed by atoms with Gasteiger partial charge in [0.25, 0.3) is 0 Å². The minimum Gasteiger partial charge on any atom is -0.356 e. The Labute approximate surface area is 119 Å². The molecule has 1 unspecified atom stereocenters. The molecule has 2 aromatic rings. The molecule has 0 bridgehead atoms. The van der Waals surface area contributed by atoms with Crippen molar-refractivity contribution in [3.05, 3.63) is 42.1 Å². The molecule has 1 aliphatic heterocycles. The van der Waals surface area contributed by atoms with Crippen molar-refractivity contribution in [2.75, 3.05) is 20.1 Å². The van der Waals surface area contributed by atoms with Crippen molar-refractivity contribution in [1.82, 2.24) is 15.4 Å². The van der Waals surface area contributed by atoms with Crippen LogP contribution in [0.1, 0.15) is 18.5 Å². The number of hydrogen-bond acceptors (Lipinski definition) is 4. The van der Waals surface area contributed by atoms with Gasteiger partial charge in [0.2, 0.25) is 0 Å². The number of rotatable bonds is 4. The van der Waals surface area contributed by atoms with Gasteiger partial charge in [0, 0.05) is 30.8 Å². The van der Waals surface area contributed by atoms with Crippen LogP contribution in [0.4, 0.5) is 0 Å². The Morgan fingerprint density at radius 2 is 2.20 bits per heavy atom. The van der Waals surface area contributed by atoms with E-state index in [1.54, 1.807) is 0 Å². The molecule has 1 atom stereocenters. The molecule has 0 amide bonds. The van der Waals surface area contributed by atoms with E-state index in [1.807, 2.05) is 36.4 Å². The molecular formula is C16H21N3O. The average Bonchev–Trinajstić information content (AvgIpc) is 2.97. The predicted molar refractivity (Wildman–Crippen MR) is 79.3 cm³/mol. The third-order valence-electron chi connectivity index (χ3n) is 3.92. The monoisotopic (exact) mass is 271 g/mol. The summed E-state index contributed by atoms with van der Waals surface area (Å²) in [5.41, 5.74) is 2.07. The highest BCUT2D eigenvalue weighted by molar-refractivity contribution is 5.56. The van der Waals surface area contributed by atoms with Gasteiger partial charge in [0.1, 0.15) is 0 Å². The molecule has 20 heavy (non-hydrogen) atoms. The number of nitrogens with one attached hydrogen (secondary N) is 1. The van der Waals surface area contributed by atoms with Crippen molar-refractivity contribution in [3.8, 4) is 11.3 Å². The normalized spacial score (nSPS) is 19.4. The minimum absolute atomic E-state index is 0.598. The lowest BCUT2D eigenvalue weighted by Crippen LogP contribution is -2.43. The van der Waals surface area contributed by atoms with Gasteiger partial charge in [-0.2, -0.15) is 0 Å². The number of hydrogen-bond donors (Lipinski definition) is 1. The van der Waals surface area contributed by atoms with Gasteiger partial charge >= 0.3 is 0 Å². The molecule has 1 saturated heterocycles. The fraction of sp³-hybridized carbons (Fsp3) is 0.438. The molecule has 1 aromatic carbocycles. The van der Waals surface area contributed by atoms with Crippen molar-refractivity contribution in [1.29, 1.82) is 0 Å². The predicted octanol–water partition coefficient (Wildman–Crippen LogP) is 2.53. The molecule has 0 radical (unpaired) electrons. The third kappa shape index (κ3) is 3.08. The van der Waals surface area contributed by atoms with Gasteiger partial charge in [-0.15, -0.1) is 0 Å². The topological polar surface area (TPSA) is 41.3 Å². The van der Waals surface area contributed by atoms with Crippen LogP contribution in [0.2, 0.25) is 0 Å². The molecule has 1 N–H and O–H groups in total. The Morgan fingerprint density at radius 3 is 2.95 bits per heavy atom.